The van der Waals surface area contributed by atoms with E-state index in [-0.39, 0.29) is 11.9 Å². The lowest BCUT2D eigenvalue weighted by molar-refractivity contribution is -0.121. The van der Waals surface area contributed by atoms with Gasteiger partial charge in [-0.15, -0.1) is 0 Å². The number of fused-ring (bicyclic) bond motifs is 1. The van der Waals surface area contributed by atoms with E-state index in [4.69, 9.17) is 4.74 Å². The van der Waals surface area contributed by atoms with Crippen LogP contribution in [0.4, 0.5) is 0 Å². The van der Waals surface area contributed by atoms with Crippen molar-refractivity contribution in [2.75, 3.05) is 7.11 Å². The number of carbonyl (C=O) groups is 1. The standard InChI is InChI=1S/C21H25NO2/c1-14-11-16(7-10-20(14)24-3)12-21(23)22-15(2)18-9-8-17-5-4-6-19(17)13-18/h7-11,13,15H,4-6,12H2,1-3H3,(H,22,23)/t15-/m1/s1. The fourth-order valence-electron chi connectivity index (χ4n) is 3.47. The quantitative estimate of drug-likeness (QED) is 0.906. The Morgan fingerprint density at radius 2 is 1.96 bits per heavy atom. The van der Waals surface area contributed by atoms with Crippen molar-refractivity contribution < 1.29 is 9.53 Å². The smallest absolute Gasteiger partial charge is 0.224 e. The largest absolute Gasteiger partial charge is 0.496 e. The van der Waals surface area contributed by atoms with E-state index in [1.54, 1.807) is 7.11 Å². The number of nitrogens with one attached hydrogen (secondary N) is 1. The molecule has 0 saturated carbocycles. The first-order valence-corrected chi connectivity index (χ1v) is 8.61. The molecule has 1 amide bonds. The summed E-state index contributed by atoms with van der Waals surface area (Å²) in [6, 6.07) is 12.5. The van der Waals surface area contributed by atoms with Gasteiger partial charge in [-0.05, 0) is 67.0 Å². The van der Waals surface area contributed by atoms with Gasteiger partial charge in [0.25, 0.3) is 0 Å². The summed E-state index contributed by atoms with van der Waals surface area (Å²) in [7, 11) is 1.66. The molecule has 0 aliphatic heterocycles. The predicted octanol–water partition coefficient (Wildman–Crippen LogP) is 3.91. The lowest BCUT2D eigenvalue weighted by Gasteiger charge is -2.16. The van der Waals surface area contributed by atoms with Crippen LogP contribution in [0.1, 0.15) is 47.2 Å². The highest BCUT2D eigenvalue weighted by Crippen LogP contribution is 2.25. The number of rotatable bonds is 5. The summed E-state index contributed by atoms with van der Waals surface area (Å²) in [5.41, 5.74) is 6.15. The van der Waals surface area contributed by atoms with Crippen LogP contribution in [-0.4, -0.2) is 13.0 Å². The molecule has 0 saturated heterocycles. The molecular weight excluding hydrogens is 298 g/mol. The van der Waals surface area contributed by atoms with Crippen molar-refractivity contribution in [3.63, 3.8) is 0 Å². The third-order valence-electron chi connectivity index (χ3n) is 4.82. The van der Waals surface area contributed by atoms with Gasteiger partial charge in [-0.2, -0.15) is 0 Å². The van der Waals surface area contributed by atoms with Crippen LogP contribution in [0.25, 0.3) is 0 Å². The second kappa shape index (κ2) is 7.08. The lowest BCUT2D eigenvalue weighted by atomic mass is 10.0. The van der Waals surface area contributed by atoms with Crippen LogP contribution in [0.15, 0.2) is 36.4 Å². The van der Waals surface area contributed by atoms with Crippen molar-refractivity contribution in [3.8, 4) is 5.75 Å². The molecule has 0 bridgehead atoms. The van der Waals surface area contributed by atoms with Crippen molar-refractivity contribution in [2.24, 2.45) is 0 Å². The normalized spacial score (nSPS) is 14.1. The summed E-state index contributed by atoms with van der Waals surface area (Å²) in [6.07, 6.45) is 3.98. The summed E-state index contributed by atoms with van der Waals surface area (Å²) < 4.78 is 5.26. The Kier molecular flexibility index (Phi) is 4.89. The first-order chi connectivity index (χ1) is 11.6. The Bertz CT molecular complexity index is 751. The molecule has 2 aromatic carbocycles. The minimum Gasteiger partial charge on any atom is -0.496 e. The van der Waals surface area contributed by atoms with Crippen molar-refractivity contribution in [1.29, 1.82) is 0 Å². The third-order valence-corrected chi connectivity index (χ3v) is 4.82. The van der Waals surface area contributed by atoms with E-state index in [9.17, 15) is 4.79 Å². The molecule has 3 heteroatoms. The van der Waals surface area contributed by atoms with E-state index in [0.717, 1.165) is 23.3 Å². The minimum atomic E-state index is 0.0303. The Morgan fingerprint density at radius 3 is 2.71 bits per heavy atom. The zero-order valence-corrected chi connectivity index (χ0v) is 14.7. The van der Waals surface area contributed by atoms with Gasteiger partial charge in [0.1, 0.15) is 5.75 Å². The van der Waals surface area contributed by atoms with Crippen LogP contribution in [0, 0.1) is 6.92 Å². The SMILES string of the molecule is COc1ccc(CC(=O)N[C@H](C)c2ccc3c(c2)CCC3)cc1C. The monoisotopic (exact) mass is 323 g/mol. The molecule has 2 aromatic rings. The number of hydrogen-bond donors (Lipinski definition) is 1. The summed E-state index contributed by atoms with van der Waals surface area (Å²) >= 11 is 0. The molecule has 0 fully saturated rings. The molecule has 1 atom stereocenters. The number of benzene rings is 2. The number of methoxy groups -OCH3 is 1. The maximum Gasteiger partial charge on any atom is 0.224 e. The average Bonchev–Trinajstić information content (AvgIpc) is 3.02. The molecule has 0 spiro atoms. The highest BCUT2D eigenvalue weighted by molar-refractivity contribution is 5.79. The highest BCUT2D eigenvalue weighted by Gasteiger charge is 2.15. The molecule has 1 aliphatic rings. The van der Waals surface area contributed by atoms with Gasteiger partial charge in [0.15, 0.2) is 0 Å². The van der Waals surface area contributed by atoms with Gasteiger partial charge < -0.3 is 10.1 Å². The average molecular weight is 323 g/mol. The molecular formula is C21H25NO2. The Hall–Kier alpha value is -2.29. The van der Waals surface area contributed by atoms with Crippen LogP contribution >= 0.6 is 0 Å². The maximum absolute atomic E-state index is 12.4. The van der Waals surface area contributed by atoms with Crippen molar-refractivity contribution >= 4 is 5.91 Å². The van der Waals surface area contributed by atoms with Crippen molar-refractivity contribution in [2.45, 2.75) is 45.6 Å². The van der Waals surface area contributed by atoms with Crippen LogP contribution < -0.4 is 10.1 Å². The van der Waals surface area contributed by atoms with Gasteiger partial charge in [0.2, 0.25) is 5.91 Å². The summed E-state index contributed by atoms with van der Waals surface area (Å²) in [5, 5.41) is 3.11. The first-order valence-electron chi connectivity index (χ1n) is 8.61. The second-order valence-corrected chi connectivity index (χ2v) is 6.65. The fraction of sp³-hybridized carbons (Fsp3) is 0.381. The minimum absolute atomic E-state index is 0.0303. The van der Waals surface area contributed by atoms with Gasteiger partial charge in [-0.3, -0.25) is 4.79 Å². The van der Waals surface area contributed by atoms with E-state index in [1.807, 2.05) is 32.0 Å². The van der Waals surface area contributed by atoms with Gasteiger partial charge in [0.05, 0.1) is 19.6 Å². The number of hydrogen-bond acceptors (Lipinski definition) is 2. The Morgan fingerprint density at radius 1 is 1.17 bits per heavy atom. The number of amides is 1. The summed E-state index contributed by atoms with van der Waals surface area (Å²) in [4.78, 5) is 12.4. The zero-order valence-electron chi connectivity index (χ0n) is 14.7. The second-order valence-electron chi connectivity index (χ2n) is 6.65. The zero-order chi connectivity index (χ0) is 17.1. The third kappa shape index (κ3) is 3.61. The van der Waals surface area contributed by atoms with Crippen LogP contribution in [0.2, 0.25) is 0 Å². The topological polar surface area (TPSA) is 38.3 Å². The summed E-state index contributed by atoms with van der Waals surface area (Å²) in [5.74, 6) is 0.901. The van der Waals surface area contributed by atoms with Crippen LogP contribution in [-0.2, 0) is 24.1 Å². The van der Waals surface area contributed by atoms with Gasteiger partial charge in [0, 0.05) is 0 Å². The fourth-order valence-corrected chi connectivity index (χ4v) is 3.47. The lowest BCUT2D eigenvalue weighted by Crippen LogP contribution is -2.28. The van der Waals surface area contributed by atoms with E-state index in [1.165, 1.54) is 29.5 Å². The molecule has 0 aromatic heterocycles. The van der Waals surface area contributed by atoms with Crippen LogP contribution in [0.5, 0.6) is 5.75 Å². The molecule has 126 valence electrons. The van der Waals surface area contributed by atoms with Gasteiger partial charge in [-0.25, -0.2) is 0 Å². The molecule has 0 radical (unpaired) electrons. The number of ether oxygens (including phenoxy) is 1. The first kappa shape index (κ1) is 16.6. The van der Waals surface area contributed by atoms with E-state index in [0.29, 0.717) is 6.42 Å². The van der Waals surface area contributed by atoms with Gasteiger partial charge in [-0.1, -0.05) is 30.3 Å². The molecule has 1 aliphatic carbocycles. The maximum atomic E-state index is 12.4. The van der Waals surface area contributed by atoms with Crippen molar-refractivity contribution in [3.05, 3.63) is 64.2 Å². The van der Waals surface area contributed by atoms with Crippen LogP contribution in [0.3, 0.4) is 0 Å². The summed E-state index contributed by atoms with van der Waals surface area (Å²) in [6.45, 7) is 4.04. The van der Waals surface area contributed by atoms with E-state index < -0.39 is 0 Å². The van der Waals surface area contributed by atoms with Crippen molar-refractivity contribution in [1.82, 2.24) is 5.32 Å². The molecule has 3 nitrogen and oxygen atoms in total. The Balaban J connectivity index is 1.63. The number of aryl methyl sites for hydroxylation is 3. The molecule has 1 N–H and O–H groups in total. The number of carbonyl (C=O) groups excluding carboxylic acids is 1. The Labute approximate surface area is 144 Å². The van der Waals surface area contributed by atoms with Gasteiger partial charge >= 0.3 is 0 Å². The predicted molar refractivity (Wildman–Crippen MR) is 96.5 cm³/mol. The molecule has 3 rings (SSSR count). The highest BCUT2D eigenvalue weighted by atomic mass is 16.5. The van der Waals surface area contributed by atoms with E-state index >= 15 is 0 Å². The molecule has 0 heterocycles. The van der Waals surface area contributed by atoms with E-state index in [2.05, 4.69) is 23.5 Å². The molecule has 0 unspecified atom stereocenters. The molecule has 24 heavy (non-hydrogen) atoms.